The van der Waals surface area contributed by atoms with Crippen LogP contribution in [0.1, 0.15) is 22.7 Å². The van der Waals surface area contributed by atoms with Crippen LogP contribution < -0.4 is 5.73 Å². The summed E-state index contributed by atoms with van der Waals surface area (Å²) in [6, 6.07) is 13.2. The maximum Gasteiger partial charge on any atom is 0.123 e. The molecule has 4 heteroatoms. The van der Waals surface area contributed by atoms with E-state index in [4.69, 9.17) is 5.73 Å². The van der Waals surface area contributed by atoms with Gasteiger partial charge in [0.2, 0.25) is 0 Å². The van der Waals surface area contributed by atoms with E-state index in [1.54, 1.807) is 6.07 Å². The Morgan fingerprint density at radius 3 is 2.43 bits per heavy atom. The lowest BCUT2D eigenvalue weighted by Crippen LogP contribution is -2.30. The van der Waals surface area contributed by atoms with Crippen molar-refractivity contribution < 1.29 is 4.39 Å². The molecule has 2 aromatic rings. The molecule has 2 nitrogen and oxygen atoms in total. The van der Waals surface area contributed by atoms with Crippen LogP contribution in [0.2, 0.25) is 0 Å². The van der Waals surface area contributed by atoms with E-state index in [0.717, 1.165) is 22.1 Å². The third kappa shape index (κ3) is 4.13. The van der Waals surface area contributed by atoms with Crippen molar-refractivity contribution in [3.63, 3.8) is 0 Å². The molecule has 1 unspecified atom stereocenters. The van der Waals surface area contributed by atoms with E-state index < -0.39 is 0 Å². The SMILES string of the molecule is Cc1cc(F)ccc1C(CN)N(C)Cc1ccc(Br)cc1. The summed E-state index contributed by atoms with van der Waals surface area (Å²) in [6.45, 7) is 3.22. The summed E-state index contributed by atoms with van der Waals surface area (Å²) in [5, 5.41) is 0. The zero-order valence-electron chi connectivity index (χ0n) is 12.3. The van der Waals surface area contributed by atoms with Crippen molar-refractivity contribution in [3.8, 4) is 0 Å². The van der Waals surface area contributed by atoms with Crippen molar-refractivity contribution in [2.45, 2.75) is 19.5 Å². The molecule has 0 aromatic heterocycles. The van der Waals surface area contributed by atoms with Gasteiger partial charge in [0, 0.05) is 23.6 Å². The Balaban J connectivity index is 2.18. The quantitative estimate of drug-likeness (QED) is 0.881. The molecular weight excluding hydrogens is 331 g/mol. The van der Waals surface area contributed by atoms with Crippen LogP contribution in [0.4, 0.5) is 4.39 Å². The number of nitrogens with zero attached hydrogens (tertiary/aromatic N) is 1. The number of nitrogens with two attached hydrogens (primary N) is 1. The molecule has 0 saturated heterocycles. The number of hydrogen-bond acceptors (Lipinski definition) is 2. The molecule has 0 heterocycles. The Morgan fingerprint density at radius 2 is 1.86 bits per heavy atom. The second-order valence-electron chi connectivity index (χ2n) is 5.29. The largest absolute Gasteiger partial charge is 0.329 e. The minimum absolute atomic E-state index is 0.0780. The molecule has 2 rings (SSSR count). The average Bonchev–Trinajstić information content (AvgIpc) is 2.44. The molecule has 112 valence electrons. The second-order valence-corrected chi connectivity index (χ2v) is 6.21. The van der Waals surface area contributed by atoms with Crippen LogP contribution in [0.15, 0.2) is 46.9 Å². The number of hydrogen-bond donors (Lipinski definition) is 1. The monoisotopic (exact) mass is 350 g/mol. The summed E-state index contributed by atoms with van der Waals surface area (Å²) in [7, 11) is 2.04. The predicted octanol–water partition coefficient (Wildman–Crippen LogP) is 4.03. The van der Waals surface area contributed by atoms with E-state index in [-0.39, 0.29) is 11.9 Å². The molecule has 0 fully saturated rings. The highest BCUT2D eigenvalue weighted by atomic mass is 79.9. The molecule has 0 bridgehead atoms. The topological polar surface area (TPSA) is 29.3 Å². The zero-order chi connectivity index (χ0) is 15.4. The number of benzene rings is 2. The minimum Gasteiger partial charge on any atom is -0.329 e. The van der Waals surface area contributed by atoms with Gasteiger partial charge in [0.1, 0.15) is 5.82 Å². The Hall–Kier alpha value is -1.23. The van der Waals surface area contributed by atoms with Gasteiger partial charge in [-0.3, -0.25) is 4.90 Å². The highest BCUT2D eigenvalue weighted by Crippen LogP contribution is 2.24. The number of halogens is 2. The first-order chi connectivity index (χ1) is 10.0. The molecule has 0 aliphatic rings. The van der Waals surface area contributed by atoms with Crippen LogP contribution in [0.3, 0.4) is 0 Å². The van der Waals surface area contributed by atoms with E-state index in [1.165, 1.54) is 11.6 Å². The van der Waals surface area contributed by atoms with Gasteiger partial charge in [0.05, 0.1) is 0 Å². The maximum absolute atomic E-state index is 13.3. The summed E-state index contributed by atoms with van der Waals surface area (Å²) in [5.41, 5.74) is 9.19. The van der Waals surface area contributed by atoms with Gasteiger partial charge in [0.15, 0.2) is 0 Å². The summed E-state index contributed by atoms with van der Waals surface area (Å²) >= 11 is 3.44. The molecule has 0 spiro atoms. The molecule has 0 radical (unpaired) electrons. The molecule has 2 N–H and O–H groups in total. The molecule has 0 aliphatic carbocycles. The van der Waals surface area contributed by atoms with Crippen LogP contribution in [-0.2, 0) is 6.54 Å². The van der Waals surface area contributed by atoms with Gasteiger partial charge >= 0.3 is 0 Å². The normalized spacial score (nSPS) is 12.7. The fourth-order valence-corrected chi connectivity index (χ4v) is 2.81. The predicted molar refractivity (Wildman–Crippen MR) is 88.5 cm³/mol. The van der Waals surface area contributed by atoms with Crippen molar-refractivity contribution in [3.05, 3.63) is 69.4 Å². The van der Waals surface area contributed by atoms with E-state index >= 15 is 0 Å². The third-order valence-corrected chi connectivity index (χ3v) is 4.22. The minimum atomic E-state index is -0.206. The van der Waals surface area contributed by atoms with Gasteiger partial charge in [0.25, 0.3) is 0 Å². The molecule has 0 aliphatic heterocycles. The van der Waals surface area contributed by atoms with Crippen molar-refractivity contribution in [2.75, 3.05) is 13.6 Å². The fraction of sp³-hybridized carbons (Fsp3) is 0.294. The summed E-state index contributed by atoms with van der Waals surface area (Å²) in [5.74, 6) is -0.206. The molecule has 2 aromatic carbocycles. The number of aryl methyl sites for hydroxylation is 1. The van der Waals surface area contributed by atoms with Crippen LogP contribution in [-0.4, -0.2) is 18.5 Å². The number of likely N-dealkylation sites (N-methyl/N-ethyl adjacent to an activating group) is 1. The van der Waals surface area contributed by atoms with E-state index in [0.29, 0.717) is 6.54 Å². The Morgan fingerprint density at radius 1 is 1.19 bits per heavy atom. The van der Waals surface area contributed by atoms with E-state index in [9.17, 15) is 4.39 Å². The smallest absolute Gasteiger partial charge is 0.123 e. The lowest BCUT2D eigenvalue weighted by Gasteiger charge is -2.28. The van der Waals surface area contributed by atoms with Gasteiger partial charge in [-0.1, -0.05) is 34.1 Å². The van der Waals surface area contributed by atoms with Gasteiger partial charge in [-0.2, -0.15) is 0 Å². The first-order valence-corrected chi connectivity index (χ1v) is 7.71. The molecule has 1 atom stereocenters. The summed E-state index contributed by atoms with van der Waals surface area (Å²) < 4.78 is 14.3. The molecule has 0 amide bonds. The lowest BCUT2D eigenvalue weighted by molar-refractivity contribution is 0.241. The lowest BCUT2D eigenvalue weighted by atomic mass is 9.99. The highest BCUT2D eigenvalue weighted by Gasteiger charge is 2.17. The number of rotatable bonds is 5. The second kappa shape index (κ2) is 7.16. The molecule has 21 heavy (non-hydrogen) atoms. The van der Waals surface area contributed by atoms with E-state index in [2.05, 4.69) is 33.0 Å². The Labute approximate surface area is 133 Å². The average molecular weight is 351 g/mol. The van der Waals surface area contributed by atoms with Crippen LogP contribution in [0, 0.1) is 12.7 Å². The highest BCUT2D eigenvalue weighted by molar-refractivity contribution is 9.10. The summed E-state index contributed by atoms with van der Waals surface area (Å²) in [6.07, 6.45) is 0. The van der Waals surface area contributed by atoms with Gasteiger partial charge in [-0.15, -0.1) is 0 Å². The van der Waals surface area contributed by atoms with Crippen molar-refractivity contribution in [1.82, 2.24) is 4.90 Å². The fourth-order valence-electron chi connectivity index (χ4n) is 2.55. The molecule has 0 saturated carbocycles. The Kier molecular flexibility index (Phi) is 5.51. The zero-order valence-corrected chi connectivity index (χ0v) is 13.9. The van der Waals surface area contributed by atoms with Gasteiger partial charge < -0.3 is 5.73 Å². The summed E-state index contributed by atoms with van der Waals surface area (Å²) in [4.78, 5) is 2.20. The van der Waals surface area contributed by atoms with Crippen molar-refractivity contribution >= 4 is 15.9 Å². The van der Waals surface area contributed by atoms with Crippen LogP contribution in [0.25, 0.3) is 0 Å². The maximum atomic E-state index is 13.3. The third-order valence-electron chi connectivity index (χ3n) is 3.69. The van der Waals surface area contributed by atoms with Crippen LogP contribution in [0.5, 0.6) is 0 Å². The molecular formula is C17H20BrFN2. The first kappa shape index (κ1) is 16.1. The van der Waals surface area contributed by atoms with Crippen LogP contribution >= 0.6 is 15.9 Å². The van der Waals surface area contributed by atoms with E-state index in [1.807, 2.05) is 32.2 Å². The standard InChI is InChI=1S/C17H20BrFN2/c1-12-9-15(19)7-8-16(12)17(10-20)21(2)11-13-3-5-14(18)6-4-13/h3-9,17H,10-11,20H2,1-2H3. The Bertz CT molecular complexity index is 598. The van der Waals surface area contributed by atoms with Crippen molar-refractivity contribution in [2.24, 2.45) is 5.73 Å². The first-order valence-electron chi connectivity index (χ1n) is 6.92. The van der Waals surface area contributed by atoms with Gasteiger partial charge in [-0.25, -0.2) is 4.39 Å². The van der Waals surface area contributed by atoms with Crippen molar-refractivity contribution in [1.29, 1.82) is 0 Å². The van der Waals surface area contributed by atoms with Gasteiger partial charge in [-0.05, 0) is 54.9 Å².